The molecule has 114 valence electrons. The van der Waals surface area contributed by atoms with Gasteiger partial charge in [-0.2, -0.15) is 0 Å². The van der Waals surface area contributed by atoms with Crippen LogP contribution in [0.1, 0.15) is 16.8 Å². The molecule has 7 nitrogen and oxygen atoms in total. The van der Waals surface area contributed by atoms with Crippen molar-refractivity contribution in [3.8, 4) is 11.5 Å². The van der Waals surface area contributed by atoms with Crippen LogP contribution in [-0.4, -0.2) is 36.0 Å². The van der Waals surface area contributed by atoms with Gasteiger partial charge >= 0.3 is 5.97 Å². The maximum absolute atomic E-state index is 12.3. The third kappa shape index (κ3) is 2.20. The fraction of sp³-hybridized carbons (Fsp3) is 0.267. The first-order valence-electron chi connectivity index (χ1n) is 6.54. The van der Waals surface area contributed by atoms with Crippen LogP contribution >= 0.6 is 0 Å². The predicted octanol–water partition coefficient (Wildman–Crippen LogP) is 1.22. The van der Waals surface area contributed by atoms with E-state index in [-0.39, 0.29) is 6.79 Å². The fourth-order valence-electron chi connectivity index (χ4n) is 2.42. The van der Waals surface area contributed by atoms with E-state index in [0.29, 0.717) is 22.4 Å². The molecule has 0 bridgehead atoms. The van der Waals surface area contributed by atoms with Gasteiger partial charge in [0, 0.05) is 30.3 Å². The average Bonchev–Trinajstić information content (AvgIpc) is 3.08. The molecule has 0 saturated carbocycles. The van der Waals surface area contributed by atoms with Crippen molar-refractivity contribution in [3.05, 3.63) is 23.9 Å². The molecule has 0 spiro atoms. The van der Waals surface area contributed by atoms with E-state index in [1.807, 2.05) is 0 Å². The van der Waals surface area contributed by atoms with Gasteiger partial charge in [-0.15, -0.1) is 0 Å². The van der Waals surface area contributed by atoms with Crippen molar-refractivity contribution in [1.82, 2.24) is 4.57 Å². The molecule has 0 N–H and O–H groups in total. The Bertz CT molecular complexity index is 804. The second-order valence-electron chi connectivity index (χ2n) is 4.89. The number of methoxy groups -OCH3 is 1. The first-order valence-corrected chi connectivity index (χ1v) is 6.54. The zero-order valence-electron chi connectivity index (χ0n) is 12.0. The summed E-state index contributed by atoms with van der Waals surface area (Å²) >= 11 is 0. The van der Waals surface area contributed by atoms with Crippen LogP contribution in [0.2, 0.25) is 0 Å². The van der Waals surface area contributed by atoms with Gasteiger partial charge in [0.05, 0.1) is 19.0 Å². The minimum absolute atomic E-state index is 0.135. The summed E-state index contributed by atoms with van der Waals surface area (Å²) in [5.74, 6) is -1.18. The Kier molecular flexibility index (Phi) is 3.32. The molecular formula is C15H13NO6. The molecule has 3 rings (SSSR count). The summed E-state index contributed by atoms with van der Waals surface area (Å²) in [4.78, 5) is 35.0. The topological polar surface area (TPSA) is 83.8 Å². The number of rotatable bonds is 4. The van der Waals surface area contributed by atoms with E-state index in [9.17, 15) is 14.4 Å². The molecule has 2 aromatic rings. The fourth-order valence-corrected chi connectivity index (χ4v) is 2.42. The Balaban J connectivity index is 1.99. The molecule has 0 saturated heterocycles. The monoisotopic (exact) mass is 303 g/mol. The van der Waals surface area contributed by atoms with Gasteiger partial charge in [-0.1, -0.05) is 0 Å². The normalized spacial score (nSPS) is 12.5. The number of carbonyl (C=O) groups excluding carboxylic acids is 3. The van der Waals surface area contributed by atoms with Crippen LogP contribution in [0.15, 0.2) is 18.3 Å². The van der Waals surface area contributed by atoms with E-state index in [1.165, 1.54) is 0 Å². The van der Waals surface area contributed by atoms with Gasteiger partial charge < -0.3 is 18.8 Å². The number of fused-ring (bicyclic) bond motifs is 2. The predicted molar refractivity (Wildman–Crippen MR) is 75.0 cm³/mol. The number of hydrogen-bond acceptors (Lipinski definition) is 6. The van der Waals surface area contributed by atoms with E-state index < -0.39 is 24.0 Å². The zero-order chi connectivity index (χ0) is 15.9. The molecule has 0 radical (unpaired) electrons. The van der Waals surface area contributed by atoms with Crippen molar-refractivity contribution in [2.75, 3.05) is 13.9 Å². The summed E-state index contributed by atoms with van der Waals surface area (Å²) in [7, 11) is 2.88. The molecule has 2 heterocycles. The molecule has 22 heavy (non-hydrogen) atoms. The molecule has 0 aliphatic carbocycles. The summed E-state index contributed by atoms with van der Waals surface area (Å²) in [6.45, 7) is 0.135. The molecule has 0 atom stereocenters. The second-order valence-corrected chi connectivity index (χ2v) is 4.89. The van der Waals surface area contributed by atoms with Gasteiger partial charge in [0.1, 0.15) is 0 Å². The first-order chi connectivity index (χ1) is 10.5. The van der Waals surface area contributed by atoms with Crippen molar-refractivity contribution in [2.24, 2.45) is 7.05 Å². The highest BCUT2D eigenvalue weighted by Gasteiger charge is 2.24. The Labute approximate surface area is 125 Å². The third-order valence-electron chi connectivity index (χ3n) is 3.52. The van der Waals surface area contributed by atoms with E-state index in [0.717, 1.165) is 12.6 Å². The highest BCUT2D eigenvalue weighted by atomic mass is 16.7. The number of esters is 1. The summed E-state index contributed by atoms with van der Waals surface area (Å²) < 4.78 is 16.7. The minimum Gasteiger partial charge on any atom is -0.463 e. The Morgan fingerprint density at radius 3 is 2.59 bits per heavy atom. The number of nitrogens with zero attached hydrogens (tertiary/aromatic N) is 1. The van der Waals surface area contributed by atoms with Gasteiger partial charge in [0.15, 0.2) is 17.3 Å². The Morgan fingerprint density at radius 1 is 1.23 bits per heavy atom. The Morgan fingerprint density at radius 2 is 1.91 bits per heavy atom. The number of ketones is 2. The molecule has 1 aliphatic rings. The summed E-state index contributed by atoms with van der Waals surface area (Å²) in [5, 5.41) is 0.648. The van der Waals surface area contributed by atoms with Crippen LogP contribution in [0.25, 0.3) is 10.9 Å². The largest absolute Gasteiger partial charge is 0.463 e. The van der Waals surface area contributed by atoms with Gasteiger partial charge in [0.2, 0.25) is 12.6 Å². The van der Waals surface area contributed by atoms with E-state index >= 15 is 0 Å². The minimum atomic E-state index is -1.02. The smallest absolute Gasteiger partial charge is 0.374 e. The molecular weight excluding hydrogens is 290 g/mol. The quantitative estimate of drug-likeness (QED) is 0.365. The van der Waals surface area contributed by atoms with Gasteiger partial charge in [-0.25, -0.2) is 4.79 Å². The lowest BCUT2D eigenvalue weighted by Gasteiger charge is -2.00. The number of aryl methyl sites for hydroxylation is 1. The zero-order valence-corrected chi connectivity index (χ0v) is 12.0. The van der Waals surface area contributed by atoms with Crippen LogP contribution in [0.3, 0.4) is 0 Å². The highest BCUT2D eigenvalue weighted by molar-refractivity contribution is 6.38. The summed E-state index contributed by atoms with van der Waals surface area (Å²) in [6, 6.07) is 3.48. The number of aromatic nitrogens is 1. The van der Waals surface area contributed by atoms with Gasteiger partial charge in [0.25, 0.3) is 0 Å². The van der Waals surface area contributed by atoms with Crippen molar-refractivity contribution < 1.29 is 28.6 Å². The van der Waals surface area contributed by atoms with Crippen molar-refractivity contribution in [1.29, 1.82) is 0 Å². The lowest BCUT2D eigenvalue weighted by atomic mass is 10.0. The molecule has 0 unspecified atom stereocenters. The number of Topliss-reactive ketones (excluding diaryl/α,β-unsaturated/α-hetero) is 2. The second kappa shape index (κ2) is 5.18. The number of hydrogen-bond donors (Lipinski definition) is 0. The average molecular weight is 303 g/mol. The van der Waals surface area contributed by atoms with Crippen molar-refractivity contribution >= 4 is 28.4 Å². The van der Waals surface area contributed by atoms with E-state index in [4.69, 9.17) is 9.47 Å². The van der Waals surface area contributed by atoms with Crippen LogP contribution in [0.4, 0.5) is 0 Å². The number of ether oxygens (including phenoxy) is 3. The van der Waals surface area contributed by atoms with E-state index in [1.54, 1.807) is 29.9 Å². The maximum Gasteiger partial charge on any atom is 0.374 e. The maximum atomic E-state index is 12.3. The highest BCUT2D eigenvalue weighted by Crippen LogP contribution is 2.37. The standard InChI is InChI=1S/C15H13NO6/c1-16-6-9(11(17)5-12(18)15(19)20-2)8-3-13-14(4-10(8)16)22-7-21-13/h3-4,6H,5,7H2,1-2H3. The van der Waals surface area contributed by atoms with Crippen molar-refractivity contribution in [3.63, 3.8) is 0 Å². The Hall–Kier alpha value is -2.83. The lowest BCUT2D eigenvalue weighted by Crippen LogP contribution is -2.19. The summed E-state index contributed by atoms with van der Waals surface area (Å²) in [6.07, 6.45) is 1.09. The van der Waals surface area contributed by atoms with Crippen LogP contribution in [0, 0.1) is 0 Å². The lowest BCUT2D eigenvalue weighted by molar-refractivity contribution is -0.151. The van der Waals surface area contributed by atoms with Crippen LogP contribution < -0.4 is 9.47 Å². The molecule has 1 aliphatic heterocycles. The van der Waals surface area contributed by atoms with Crippen molar-refractivity contribution in [2.45, 2.75) is 6.42 Å². The molecule has 0 amide bonds. The van der Waals surface area contributed by atoms with Gasteiger partial charge in [-0.05, 0) is 6.07 Å². The third-order valence-corrected chi connectivity index (χ3v) is 3.52. The SMILES string of the molecule is COC(=O)C(=O)CC(=O)c1cn(C)c2cc3c(cc12)OCO3. The molecule has 1 aromatic carbocycles. The summed E-state index contributed by atoms with van der Waals surface area (Å²) in [5.41, 5.74) is 1.13. The van der Waals surface area contributed by atoms with Gasteiger partial charge in [-0.3, -0.25) is 9.59 Å². The molecule has 1 aromatic heterocycles. The first kappa shape index (κ1) is 14.1. The molecule has 0 fully saturated rings. The van der Waals surface area contributed by atoms with E-state index in [2.05, 4.69) is 4.74 Å². The molecule has 7 heteroatoms. The van der Waals surface area contributed by atoms with Crippen LogP contribution in [0.5, 0.6) is 11.5 Å². The number of benzene rings is 1. The number of carbonyl (C=O) groups is 3. The van der Waals surface area contributed by atoms with Crippen LogP contribution in [-0.2, 0) is 21.4 Å².